The predicted octanol–water partition coefficient (Wildman–Crippen LogP) is 14.0. The van der Waals surface area contributed by atoms with E-state index in [1.807, 2.05) is 30.3 Å². The molecule has 11 aromatic rings. The molecule has 9 aromatic carbocycles. The van der Waals surface area contributed by atoms with Crippen molar-refractivity contribution < 1.29 is 4.42 Å². The van der Waals surface area contributed by atoms with Gasteiger partial charge in [0.05, 0.1) is 16.7 Å². The fourth-order valence-electron chi connectivity index (χ4n) is 8.36. The van der Waals surface area contributed by atoms with E-state index in [0.717, 1.165) is 66.5 Å². The Morgan fingerprint density at radius 2 is 1.13 bits per heavy atom. The maximum atomic E-state index is 6.71. The molecule has 4 nitrogen and oxygen atoms in total. The van der Waals surface area contributed by atoms with Gasteiger partial charge in [0.2, 0.25) is 5.89 Å². The number of aromatic nitrogens is 2. The summed E-state index contributed by atoms with van der Waals surface area (Å²) < 4.78 is 9.09. The van der Waals surface area contributed by atoms with Crippen LogP contribution in [0.5, 0.6) is 0 Å². The molecular weight excluding hydrogens is 671 g/mol. The van der Waals surface area contributed by atoms with E-state index in [1.165, 1.54) is 27.4 Å². The van der Waals surface area contributed by atoms with E-state index in [2.05, 4.69) is 179 Å². The van der Waals surface area contributed by atoms with Crippen LogP contribution >= 0.6 is 0 Å². The molecule has 0 unspecified atom stereocenters. The number of rotatable bonds is 6. The second-order valence-electron chi connectivity index (χ2n) is 13.9. The van der Waals surface area contributed by atoms with Crippen LogP contribution < -0.4 is 4.90 Å². The highest BCUT2D eigenvalue weighted by atomic mass is 16.3. The Balaban J connectivity index is 1.23. The molecule has 0 saturated heterocycles. The van der Waals surface area contributed by atoms with E-state index in [0.29, 0.717) is 5.89 Å². The van der Waals surface area contributed by atoms with Crippen molar-refractivity contribution in [2.45, 2.75) is 0 Å². The number of anilines is 3. The average Bonchev–Trinajstić information content (AvgIpc) is 3.85. The molecule has 0 fully saturated rings. The third-order valence-electron chi connectivity index (χ3n) is 10.8. The second-order valence-corrected chi connectivity index (χ2v) is 13.9. The van der Waals surface area contributed by atoms with Crippen LogP contribution in [-0.4, -0.2) is 9.55 Å². The molecule has 258 valence electrons. The largest absolute Gasteiger partial charge is 0.435 e. The summed E-state index contributed by atoms with van der Waals surface area (Å²) in [5.74, 6) is 0.618. The van der Waals surface area contributed by atoms with Crippen LogP contribution in [0.25, 0.3) is 82.7 Å². The van der Waals surface area contributed by atoms with Crippen LogP contribution in [0, 0.1) is 0 Å². The summed E-state index contributed by atoms with van der Waals surface area (Å²) in [6, 6.07) is 71.0. The Morgan fingerprint density at radius 1 is 0.455 bits per heavy atom. The summed E-state index contributed by atoms with van der Waals surface area (Å²) >= 11 is 0. The van der Waals surface area contributed by atoms with Gasteiger partial charge in [-0.2, -0.15) is 0 Å². The number of para-hydroxylation sites is 3. The minimum atomic E-state index is 0.618. The Bertz CT molecular complexity index is 3190. The first kappa shape index (κ1) is 31.1. The van der Waals surface area contributed by atoms with Gasteiger partial charge in [-0.05, 0) is 106 Å². The average molecular weight is 704 g/mol. The van der Waals surface area contributed by atoms with Crippen molar-refractivity contribution in [2.24, 2.45) is 0 Å². The summed E-state index contributed by atoms with van der Waals surface area (Å²) in [6.45, 7) is 0. The van der Waals surface area contributed by atoms with Crippen molar-refractivity contribution in [2.75, 3.05) is 4.90 Å². The number of hydrogen-bond donors (Lipinski definition) is 0. The van der Waals surface area contributed by atoms with Gasteiger partial charge >= 0.3 is 0 Å². The van der Waals surface area contributed by atoms with Gasteiger partial charge in [0.1, 0.15) is 5.52 Å². The van der Waals surface area contributed by atoms with Gasteiger partial charge in [-0.15, -0.1) is 0 Å². The summed E-state index contributed by atoms with van der Waals surface area (Å²) in [5.41, 5.74) is 11.6. The van der Waals surface area contributed by atoms with Gasteiger partial charge in [-0.3, -0.25) is 0 Å². The summed E-state index contributed by atoms with van der Waals surface area (Å²) in [5, 5.41) is 6.81. The monoisotopic (exact) mass is 703 g/mol. The minimum Gasteiger partial charge on any atom is -0.435 e. The molecule has 11 rings (SSSR count). The van der Waals surface area contributed by atoms with E-state index in [1.54, 1.807) is 0 Å². The number of oxazole rings is 1. The first-order chi connectivity index (χ1) is 27.3. The Hall–Kier alpha value is -7.43. The standard InChI is InChI=1S/C51H33N3O/c1-5-16-34(17-6-1)42-32-36-28-31-44-50(55-51(52-44)35-18-7-2-8-19-35)48(36)43-33-39(29-30-40(42)43)53(37-20-9-3-10-21-37)46-26-15-27-47-49(46)41-24-13-14-25-45(41)54(47)38-22-11-4-12-23-38/h1-33H. The van der Waals surface area contributed by atoms with Crippen molar-refractivity contribution >= 4 is 71.5 Å². The summed E-state index contributed by atoms with van der Waals surface area (Å²) in [4.78, 5) is 7.39. The van der Waals surface area contributed by atoms with Crippen LogP contribution in [0.4, 0.5) is 17.1 Å². The van der Waals surface area contributed by atoms with Gasteiger partial charge in [0.25, 0.3) is 0 Å². The molecule has 0 bridgehead atoms. The fourth-order valence-corrected chi connectivity index (χ4v) is 8.36. The van der Waals surface area contributed by atoms with Crippen molar-refractivity contribution in [1.29, 1.82) is 0 Å². The van der Waals surface area contributed by atoms with Crippen molar-refractivity contribution in [3.8, 4) is 28.3 Å². The van der Waals surface area contributed by atoms with Gasteiger partial charge in [-0.25, -0.2) is 4.98 Å². The van der Waals surface area contributed by atoms with Crippen LogP contribution in [0.15, 0.2) is 205 Å². The summed E-state index contributed by atoms with van der Waals surface area (Å²) in [7, 11) is 0. The molecule has 0 atom stereocenters. The molecule has 4 heteroatoms. The number of fused-ring (bicyclic) bond motifs is 8. The number of hydrogen-bond acceptors (Lipinski definition) is 3. The molecule has 0 aliphatic carbocycles. The highest BCUT2D eigenvalue weighted by Crippen LogP contribution is 2.46. The molecule has 0 spiro atoms. The van der Waals surface area contributed by atoms with Crippen molar-refractivity contribution in [3.63, 3.8) is 0 Å². The van der Waals surface area contributed by atoms with Crippen LogP contribution in [0.3, 0.4) is 0 Å². The van der Waals surface area contributed by atoms with Crippen LogP contribution in [-0.2, 0) is 0 Å². The third-order valence-corrected chi connectivity index (χ3v) is 10.8. The fraction of sp³-hybridized carbons (Fsp3) is 0. The van der Waals surface area contributed by atoms with Crippen LogP contribution in [0.2, 0.25) is 0 Å². The number of nitrogens with zero attached hydrogens (tertiary/aromatic N) is 3. The van der Waals surface area contributed by atoms with Crippen molar-refractivity contribution in [1.82, 2.24) is 9.55 Å². The Labute approximate surface area is 317 Å². The van der Waals surface area contributed by atoms with E-state index < -0.39 is 0 Å². The van der Waals surface area contributed by atoms with Crippen LogP contribution in [0.1, 0.15) is 0 Å². The molecular formula is C51H33N3O. The molecule has 0 saturated carbocycles. The lowest BCUT2D eigenvalue weighted by Gasteiger charge is -2.27. The highest BCUT2D eigenvalue weighted by molar-refractivity contribution is 6.23. The lowest BCUT2D eigenvalue weighted by molar-refractivity contribution is 0.623. The normalized spacial score (nSPS) is 11.6. The minimum absolute atomic E-state index is 0.618. The highest BCUT2D eigenvalue weighted by Gasteiger charge is 2.23. The van der Waals surface area contributed by atoms with E-state index in [9.17, 15) is 0 Å². The first-order valence-corrected chi connectivity index (χ1v) is 18.6. The van der Waals surface area contributed by atoms with Gasteiger partial charge < -0.3 is 13.9 Å². The maximum Gasteiger partial charge on any atom is 0.227 e. The molecule has 2 heterocycles. The lowest BCUT2D eigenvalue weighted by Crippen LogP contribution is -2.10. The lowest BCUT2D eigenvalue weighted by atomic mass is 9.92. The topological polar surface area (TPSA) is 34.2 Å². The van der Waals surface area contributed by atoms with E-state index >= 15 is 0 Å². The van der Waals surface area contributed by atoms with Gasteiger partial charge in [-0.1, -0.05) is 121 Å². The molecule has 0 N–H and O–H groups in total. The van der Waals surface area contributed by atoms with Gasteiger partial charge in [0.15, 0.2) is 5.58 Å². The quantitative estimate of drug-likeness (QED) is 0.162. The van der Waals surface area contributed by atoms with Crippen molar-refractivity contribution in [3.05, 3.63) is 200 Å². The molecule has 55 heavy (non-hydrogen) atoms. The Morgan fingerprint density at radius 3 is 1.91 bits per heavy atom. The molecule has 0 radical (unpaired) electrons. The van der Waals surface area contributed by atoms with E-state index in [-0.39, 0.29) is 0 Å². The zero-order valence-electron chi connectivity index (χ0n) is 29.8. The predicted molar refractivity (Wildman–Crippen MR) is 229 cm³/mol. The van der Waals surface area contributed by atoms with E-state index in [4.69, 9.17) is 9.40 Å². The SMILES string of the molecule is c1ccc(-c2nc3ccc4cc(-c5ccccc5)c5ccc(N(c6ccccc6)c6cccc7c6c6ccccc6n7-c6ccccc6)cc5c4c3o2)cc1. The third kappa shape index (κ3) is 5.03. The zero-order valence-corrected chi connectivity index (χ0v) is 29.8. The van der Waals surface area contributed by atoms with Gasteiger partial charge in [0, 0.05) is 38.8 Å². The molecule has 0 aliphatic rings. The molecule has 0 aliphatic heterocycles. The molecule has 0 amide bonds. The Kier molecular flexibility index (Phi) is 7.14. The first-order valence-electron chi connectivity index (χ1n) is 18.6. The summed E-state index contributed by atoms with van der Waals surface area (Å²) in [6.07, 6.45) is 0. The maximum absolute atomic E-state index is 6.71. The zero-order chi connectivity index (χ0) is 36.3. The second kappa shape index (κ2) is 12.6. The number of benzene rings is 9. The smallest absolute Gasteiger partial charge is 0.227 e. The molecule has 2 aromatic heterocycles.